The van der Waals surface area contributed by atoms with Crippen molar-refractivity contribution >= 4 is 43.5 Å². The number of furan rings is 1. The minimum atomic E-state index is -2.37. The number of fused-ring (bicyclic) bond motifs is 7. The number of halogens is 1. The van der Waals surface area contributed by atoms with Crippen molar-refractivity contribution in [1.29, 1.82) is 0 Å². The van der Waals surface area contributed by atoms with Gasteiger partial charge in [0.25, 0.3) is 0 Å². The fraction of sp³-hybridized carbons (Fsp3) is 0.305. The van der Waals surface area contributed by atoms with Crippen LogP contribution in [-0.4, -0.2) is 15.0 Å². The second-order valence-corrected chi connectivity index (χ2v) is 20.1. The Morgan fingerprint density at radius 2 is 1.31 bits per heavy atom. The molecule has 0 aliphatic heterocycles. The Hall–Kier alpha value is -5.55. The number of hydrogen-bond acceptors (Lipinski definition) is 4. The molecular weight excluding hydrogens is 978 g/mol. The van der Waals surface area contributed by atoms with Crippen LogP contribution in [-0.2, 0) is 30.9 Å². The smallest absolute Gasteiger partial charge is 0.128 e. The molecule has 6 aromatic carbocycles. The van der Waals surface area contributed by atoms with Gasteiger partial charge in [-0.15, -0.1) is 47.5 Å². The summed E-state index contributed by atoms with van der Waals surface area (Å²) in [6, 6.07) is 38.0. The molecule has 0 fully saturated rings. The molecule has 9 rings (SSSR count). The van der Waals surface area contributed by atoms with Crippen LogP contribution in [0.2, 0.25) is 0 Å². The number of pyridine rings is 1. The van der Waals surface area contributed by atoms with Crippen LogP contribution in [0.3, 0.4) is 0 Å². The normalized spacial score (nSPS) is 13.0. The largest absolute Gasteiger partial charge is 0.500 e. The van der Waals surface area contributed by atoms with E-state index in [1.807, 2.05) is 24.3 Å². The number of benzene rings is 6. The molecule has 6 heteroatoms. The number of hydrogen-bond donors (Lipinski definition) is 0. The van der Waals surface area contributed by atoms with Crippen molar-refractivity contribution in [2.45, 2.75) is 119 Å². The molecular formula is C59H60FIrN3O-2. The van der Waals surface area contributed by atoms with Gasteiger partial charge in [0.05, 0.1) is 5.58 Å². The summed E-state index contributed by atoms with van der Waals surface area (Å²) in [6.45, 7) is 24.1. The van der Waals surface area contributed by atoms with Crippen molar-refractivity contribution in [2.75, 3.05) is 0 Å². The van der Waals surface area contributed by atoms with Crippen LogP contribution in [0, 0.1) is 24.8 Å². The predicted octanol–water partition coefficient (Wildman–Crippen LogP) is 16.8. The molecule has 0 unspecified atom stereocenters. The van der Waals surface area contributed by atoms with Crippen LogP contribution < -0.4 is 0 Å². The standard InChI is InChI=1S/C44H45N2O.C15H15FN.Ir/c1-24(2)28-19-34(25(3)4)41(35(20-28)26(5)6)36-21-37-31(29-13-11-12-14-30(29)36)17-18-33-40-27(7)15-16-32(43(40)47-42(33)37)38-22-39(44(8,9)10)46-23-45-38;1-15(2,3)12-8-9-17-14(10-12)11-4-6-13(16)7-5-11;/h11-15,17-26H,1-10H3;4,6-10H,1-3H3;/q2*-1;/i7D3;;. The summed E-state index contributed by atoms with van der Waals surface area (Å²) in [6.07, 6.45) is 3.35. The van der Waals surface area contributed by atoms with E-state index >= 15 is 0 Å². The molecule has 3 aromatic heterocycles. The van der Waals surface area contributed by atoms with Crippen LogP contribution >= 0.6 is 0 Å². The van der Waals surface area contributed by atoms with E-state index in [-0.39, 0.29) is 42.3 Å². The van der Waals surface area contributed by atoms with Gasteiger partial charge in [-0.05, 0) is 96.2 Å². The monoisotopic (exact) mass is 1040 g/mol. The zero-order valence-electron chi connectivity index (χ0n) is 42.6. The van der Waals surface area contributed by atoms with E-state index in [1.165, 1.54) is 45.3 Å². The van der Waals surface area contributed by atoms with Crippen molar-refractivity contribution in [1.82, 2.24) is 15.0 Å². The third-order valence-electron chi connectivity index (χ3n) is 12.3. The summed E-state index contributed by atoms with van der Waals surface area (Å²) < 4.78 is 45.2. The van der Waals surface area contributed by atoms with E-state index in [1.54, 1.807) is 24.7 Å². The van der Waals surface area contributed by atoms with Gasteiger partial charge in [-0.25, -0.2) is 4.98 Å². The Morgan fingerprint density at radius 3 is 1.92 bits per heavy atom. The second kappa shape index (κ2) is 18.4. The summed E-state index contributed by atoms with van der Waals surface area (Å²) in [5.41, 5.74) is 12.7. The molecule has 3 heterocycles. The first-order chi connectivity index (χ1) is 31.5. The summed E-state index contributed by atoms with van der Waals surface area (Å²) in [4.78, 5) is 13.5. The van der Waals surface area contributed by atoms with Crippen molar-refractivity contribution in [3.05, 3.63) is 161 Å². The van der Waals surface area contributed by atoms with Crippen molar-refractivity contribution in [2.24, 2.45) is 0 Å². The topological polar surface area (TPSA) is 51.8 Å². The van der Waals surface area contributed by atoms with Gasteiger partial charge in [-0.3, -0.25) is 9.37 Å². The van der Waals surface area contributed by atoms with Gasteiger partial charge in [0.2, 0.25) is 0 Å². The van der Waals surface area contributed by atoms with Crippen LogP contribution in [0.5, 0.6) is 0 Å². The molecule has 335 valence electrons. The Morgan fingerprint density at radius 1 is 0.631 bits per heavy atom. The second-order valence-electron chi connectivity index (χ2n) is 20.1. The van der Waals surface area contributed by atoms with Gasteiger partial charge in [0.15, 0.2) is 0 Å². The fourth-order valence-electron chi connectivity index (χ4n) is 8.64. The molecule has 0 aliphatic carbocycles. The van der Waals surface area contributed by atoms with E-state index in [9.17, 15) is 4.39 Å². The average Bonchev–Trinajstić information content (AvgIpc) is 3.68. The Bertz CT molecular complexity index is 3270. The SMILES string of the molecule is CC(C)(C)c1ccnc(-c2[c-]cc(F)cc2)c1.[2H]C([2H])([2H])c1c[c-]c(-c2cc(C(C)(C)C)ncn2)c2oc3c4cc(-c5c(C(C)C)cc(C(C)C)cc5C(C)C)c5ccccc5c4ccc3c12.[Ir]. The number of aromatic nitrogens is 3. The molecule has 0 atom stereocenters. The maximum absolute atomic E-state index is 12.8. The Labute approximate surface area is 402 Å². The summed E-state index contributed by atoms with van der Waals surface area (Å²) in [7, 11) is 0. The number of aryl methyl sites for hydroxylation is 1. The molecule has 0 saturated carbocycles. The summed E-state index contributed by atoms with van der Waals surface area (Å²) >= 11 is 0. The van der Waals surface area contributed by atoms with Crippen LogP contribution in [0.15, 0.2) is 114 Å². The van der Waals surface area contributed by atoms with Crippen LogP contribution in [0.4, 0.5) is 4.39 Å². The van der Waals surface area contributed by atoms with Gasteiger partial charge >= 0.3 is 0 Å². The number of nitrogens with zero attached hydrogens (tertiary/aromatic N) is 3. The molecule has 1 radical (unpaired) electrons. The third kappa shape index (κ3) is 9.31. The maximum atomic E-state index is 12.8. The van der Waals surface area contributed by atoms with Gasteiger partial charge in [0.1, 0.15) is 11.9 Å². The quantitative estimate of drug-likeness (QED) is 0.123. The zero-order chi connectivity index (χ0) is 48.3. The first-order valence-corrected chi connectivity index (χ1v) is 22.4. The Balaban J connectivity index is 0.000000320. The maximum Gasteiger partial charge on any atom is 0.128 e. The van der Waals surface area contributed by atoms with Crippen LogP contribution in [0.1, 0.15) is 138 Å². The van der Waals surface area contributed by atoms with Crippen molar-refractivity contribution < 1.29 is 33.0 Å². The van der Waals surface area contributed by atoms with Crippen LogP contribution in [0.25, 0.3) is 77.1 Å². The minimum Gasteiger partial charge on any atom is -0.500 e. The predicted molar refractivity (Wildman–Crippen MR) is 267 cm³/mol. The van der Waals surface area contributed by atoms with Gasteiger partial charge in [0, 0.05) is 58.1 Å². The molecule has 0 saturated heterocycles. The summed E-state index contributed by atoms with van der Waals surface area (Å²) in [5.74, 6) is 0.753. The van der Waals surface area contributed by atoms with Gasteiger partial charge in [-0.2, -0.15) is 0 Å². The van der Waals surface area contributed by atoms with E-state index in [0.717, 1.165) is 44.1 Å². The van der Waals surface area contributed by atoms with E-state index in [0.29, 0.717) is 45.6 Å². The molecule has 9 aromatic rings. The molecule has 4 nitrogen and oxygen atoms in total. The molecule has 0 aliphatic rings. The molecule has 0 N–H and O–H groups in total. The average molecular weight is 1040 g/mol. The molecule has 0 amide bonds. The minimum absolute atomic E-state index is 0. The zero-order valence-corrected chi connectivity index (χ0v) is 42.0. The number of rotatable bonds is 6. The van der Waals surface area contributed by atoms with Crippen molar-refractivity contribution in [3.8, 4) is 33.6 Å². The van der Waals surface area contributed by atoms with Gasteiger partial charge in [-0.1, -0.05) is 162 Å². The van der Waals surface area contributed by atoms with E-state index in [2.05, 4.69) is 159 Å². The van der Waals surface area contributed by atoms with E-state index < -0.39 is 6.85 Å². The summed E-state index contributed by atoms with van der Waals surface area (Å²) in [5, 5.41) is 5.67. The fourth-order valence-corrected chi connectivity index (χ4v) is 8.64. The van der Waals surface area contributed by atoms with E-state index in [4.69, 9.17) is 8.53 Å². The Kier molecular flexibility index (Phi) is 12.3. The first-order valence-electron chi connectivity index (χ1n) is 23.9. The molecule has 0 spiro atoms. The van der Waals surface area contributed by atoms with Gasteiger partial charge < -0.3 is 9.40 Å². The third-order valence-corrected chi connectivity index (χ3v) is 12.3. The molecule has 65 heavy (non-hydrogen) atoms. The molecule has 0 bridgehead atoms. The van der Waals surface area contributed by atoms with Crippen molar-refractivity contribution in [3.63, 3.8) is 0 Å². The first kappa shape index (κ1) is 43.3.